The lowest BCUT2D eigenvalue weighted by atomic mass is 10.3. The van der Waals surface area contributed by atoms with E-state index in [1.165, 1.54) is 11.8 Å². The van der Waals surface area contributed by atoms with Gasteiger partial charge in [-0.3, -0.25) is 14.7 Å². The molecule has 2 aromatic heterocycles. The maximum Gasteiger partial charge on any atom is 0.266 e. The summed E-state index contributed by atoms with van der Waals surface area (Å²) in [6.45, 7) is 0. The van der Waals surface area contributed by atoms with E-state index in [1.54, 1.807) is 24.3 Å². The summed E-state index contributed by atoms with van der Waals surface area (Å²) in [6.07, 6.45) is 7.01. The third-order valence-electron chi connectivity index (χ3n) is 2.78. The summed E-state index contributed by atoms with van der Waals surface area (Å²) in [6, 6.07) is 7.48. The van der Waals surface area contributed by atoms with Crippen LogP contribution in [0.3, 0.4) is 0 Å². The van der Waals surface area contributed by atoms with Crippen LogP contribution in [0.25, 0.3) is 6.08 Å². The lowest BCUT2D eigenvalue weighted by Crippen LogP contribution is -2.23. The smallest absolute Gasteiger partial charge is 0.266 e. The minimum atomic E-state index is -0.0489. The number of amidine groups is 1. The van der Waals surface area contributed by atoms with E-state index in [2.05, 4.69) is 15.0 Å². The van der Waals surface area contributed by atoms with Gasteiger partial charge >= 0.3 is 0 Å². The van der Waals surface area contributed by atoms with Crippen molar-refractivity contribution in [3.05, 3.63) is 53.5 Å². The number of aromatic nitrogens is 2. The average Bonchev–Trinajstić information content (AvgIpc) is 3.06. The predicted molar refractivity (Wildman–Crippen MR) is 80.5 cm³/mol. The number of nitrogens with zero attached hydrogens (tertiary/aromatic N) is 3. The van der Waals surface area contributed by atoms with E-state index in [0.29, 0.717) is 10.1 Å². The van der Waals surface area contributed by atoms with Crippen molar-refractivity contribution in [1.29, 1.82) is 0 Å². The van der Waals surface area contributed by atoms with E-state index in [-0.39, 0.29) is 5.91 Å². The molecule has 0 unspecified atom stereocenters. The number of hydrogen-bond acceptors (Lipinski definition) is 4. The van der Waals surface area contributed by atoms with Crippen molar-refractivity contribution in [1.82, 2.24) is 14.9 Å². The first kappa shape index (κ1) is 12.7. The fraction of sp³-hybridized carbons (Fsp3) is 0.0714. The van der Waals surface area contributed by atoms with Gasteiger partial charge in [0.05, 0.1) is 16.8 Å². The van der Waals surface area contributed by atoms with E-state index in [4.69, 9.17) is 0 Å². The lowest BCUT2D eigenvalue weighted by molar-refractivity contribution is -0.121. The van der Waals surface area contributed by atoms with Gasteiger partial charge in [-0.1, -0.05) is 0 Å². The molecule has 1 aliphatic heterocycles. The number of likely N-dealkylation sites (N-methyl/N-ethyl adjacent to an activating group) is 1. The van der Waals surface area contributed by atoms with Crippen LogP contribution in [-0.4, -0.2) is 33.0 Å². The van der Waals surface area contributed by atoms with E-state index in [1.807, 2.05) is 36.5 Å². The van der Waals surface area contributed by atoms with Gasteiger partial charge in [0.25, 0.3) is 5.91 Å². The van der Waals surface area contributed by atoms with Crippen LogP contribution in [0.1, 0.15) is 5.69 Å². The van der Waals surface area contributed by atoms with Crippen LogP contribution >= 0.6 is 11.8 Å². The Hall–Kier alpha value is -2.34. The van der Waals surface area contributed by atoms with Crippen LogP contribution in [0.5, 0.6) is 0 Å². The first-order valence-electron chi connectivity index (χ1n) is 6.04. The minimum absolute atomic E-state index is 0.0489. The average molecular weight is 284 g/mol. The van der Waals surface area contributed by atoms with Gasteiger partial charge in [-0.15, -0.1) is 0 Å². The first-order valence-corrected chi connectivity index (χ1v) is 6.85. The minimum Gasteiger partial charge on any atom is -0.362 e. The number of aromatic amines is 1. The molecule has 1 fully saturated rings. The Kier molecular flexibility index (Phi) is 3.39. The Labute approximate surface area is 120 Å². The second kappa shape index (κ2) is 5.34. The van der Waals surface area contributed by atoms with Gasteiger partial charge < -0.3 is 4.98 Å². The van der Waals surface area contributed by atoms with Crippen LogP contribution in [-0.2, 0) is 4.79 Å². The number of carbonyl (C=O) groups is 1. The van der Waals surface area contributed by atoms with Gasteiger partial charge in [0.15, 0.2) is 5.17 Å². The van der Waals surface area contributed by atoms with Crippen LogP contribution in [0, 0.1) is 0 Å². The van der Waals surface area contributed by atoms with Gasteiger partial charge in [0.2, 0.25) is 0 Å². The van der Waals surface area contributed by atoms with Crippen molar-refractivity contribution in [2.75, 3.05) is 7.05 Å². The Morgan fingerprint density at radius 2 is 2.30 bits per heavy atom. The van der Waals surface area contributed by atoms with Crippen molar-refractivity contribution in [2.24, 2.45) is 4.99 Å². The fourth-order valence-electron chi connectivity index (χ4n) is 1.76. The summed E-state index contributed by atoms with van der Waals surface area (Å²) in [5.41, 5.74) is 1.63. The Morgan fingerprint density at radius 3 is 3.00 bits per heavy atom. The molecule has 20 heavy (non-hydrogen) atoms. The Balaban J connectivity index is 1.89. The largest absolute Gasteiger partial charge is 0.362 e. The van der Waals surface area contributed by atoms with Crippen molar-refractivity contribution < 1.29 is 4.79 Å². The molecule has 3 rings (SSSR count). The zero-order valence-corrected chi connectivity index (χ0v) is 11.6. The van der Waals surface area contributed by atoms with Crippen molar-refractivity contribution in [3.63, 3.8) is 0 Å². The SMILES string of the molecule is CN1C(=O)/C(=C\c2ccc[nH]2)SC1=Nc1cccnc1. The maximum atomic E-state index is 12.2. The Morgan fingerprint density at radius 1 is 1.40 bits per heavy atom. The summed E-state index contributed by atoms with van der Waals surface area (Å²) in [5, 5.41) is 0.654. The highest BCUT2D eigenvalue weighted by Gasteiger charge is 2.30. The molecule has 5 nitrogen and oxygen atoms in total. The quantitative estimate of drug-likeness (QED) is 0.862. The molecule has 0 spiro atoms. The predicted octanol–water partition coefficient (Wildman–Crippen LogP) is 2.64. The second-order valence-corrected chi connectivity index (χ2v) is 5.21. The van der Waals surface area contributed by atoms with Crippen molar-refractivity contribution in [3.8, 4) is 0 Å². The molecule has 6 heteroatoms. The van der Waals surface area contributed by atoms with Crippen LogP contribution < -0.4 is 0 Å². The third kappa shape index (κ3) is 2.50. The molecule has 1 amide bonds. The first-order chi connectivity index (χ1) is 9.74. The molecule has 1 aliphatic rings. The molecular formula is C14H12N4OS. The normalized spacial score (nSPS) is 19.2. The molecule has 100 valence electrons. The van der Waals surface area contributed by atoms with Crippen molar-refractivity contribution >= 4 is 34.6 Å². The number of hydrogen-bond donors (Lipinski definition) is 1. The van der Waals surface area contributed by atoms with Crippen LogP contribution in [0.15, 0.2) is 52.8 Å². The van der Waals surface area contributed by atoms with Gasteiger partial charge in [0.1, 0.15) is 0 Å². The molecule has 0 saturated carbocycles. The summed E-state index contributed by atoms with van der Waals surface area (Å²) >= 11 is 1.36. The van der Waals surface area contributed by atoms with Crippen molar-refractivity contribution in [2.45, 2.75) is 0 Å². The third-order valence-corrected chi connectivity index (χ3v) is 3.84. The van der Waals surface area contributed by atoms with E-state index in [9.17, 15) is 4.79 Å². The zero-order valence-electron chi connectivity index (χ0n) is 10.8. The lowest BCUT2D eigenvalue weighted by Gasteiger charge is -2.06. The van der Waals surface area contributed by atoms with E-state index < -0.39 is 0 Å². The van der Waals surface area contributed by atoms with Gasteiger partial charge in [-0.05, 0) is 42.1 Å². The monoisotopic (exact) mass is 284 g/mol. The van der Waals surface area contributed by atoms with Gasteiger partial charge in [0, 0.05) is 25.1 Å². The molecule has 1 saturated heterocycles. The molecule has 0 aliphatic carbocycles. The molecule has 0 bridgehead atoms. The molecule has 2 aromatic rings. The summed E-state index contributed by atoms with van der Waals surface area (Å²) in [7, 11) is 1.72. The number of H-pyrrole nitrogens is 1. The van der Waals surface area contributed by atoms with E-state index >= 15 is 0 Å². The molecule has 0 atom stereocenters. The summed E-state index contributed by atoms with van der Waals surface area (Å²) in [4.78, 5) is 25.9. The number of carbonyl (C=O) groups excluding carboxylic acids is 1. The van der Waals surface area contributed by atoms with Crippen LogP contribution in [0.4, 0.5) is 5.69 Å². The number of thioether (sulfide) groups is 1. The standard InChI is InChI=1S/C14H12N4OS/c1-18-13(19)12(8-10-4-3-7-16-10)20-14(18)17-11-5-2-6-15-9-11/h2-9,16H,1H3/b12-8+,17-14?. The number of aliphatic imine (C=N–C) groups is 1. The highest BCUT2D eigenvalue weighted by Crippen LogP contribution is 2.32. The number of pyridine rings is 1. The number of nitrogens with one attached hydrogen (secondary N) is 1. The molecule has 1 N–H and O–H groups in total. The second-order valence-electron chi connectivity index (χ2n) is 4.21. The van der Waals surface area contributed by atoms with Crippen LogP contribution in [0.2, 0.25) is 0 Å². The number of rotatable bonds is 2. The van der Waals surface area contributed by atoms with Gasteiger partial charge in [-0.2, -0.15) is 0 Å². The highest BCUT2D eigenvalue weighted by molar-refractivity contribution is 8.18. The topological polar surface area (TPSA) is 61.4 Å². The highest BCUT2D eigenvalue weighted by atomic mass is 32.2. The fourth-order valence-corrected chi connectivity index (χ4v) is 2.73. The summed E-state index contributed by atoms with van der Waals surface area (Å²) < 4.78 is 0. The molecule has 3 heterocycles. The summed E-state index contributed by atoms with van der Waals surface area (Å²) in [5.74, 6) is -0.0489. The zero-order chi connectivity index (χ0) is 13.9. The molecular weight excluding hydrogens is 272 g/mol. The number of amides is 1. The molecule has 0 aromatic carbocycles. The maximum absolute atomic E-state index is 12.2. The molecule has 0 radical (unpaired) electrons. The van der Waals surface area contributed by atoms with Gasteiger partial charge in [-0.25, -0.2) is 4.99 Å². The Bertz CT molecular complexity index is 676. The van der Waals surface area contributed by atoms with E-state index in [0.717, 1.165) is 11.4 Å².